The Bertz CT molecular complexity index is 438. The van der Waals surface area contributed by atoms with E-state index in [1.807, 2.05) is 32.0 Å². The average Bonchev–Trinajstić information content (AvgIpc) is 2.55. The first-order valence-electron chi connectivity index (χ1n) is 7.10. The summed E-state index contributed by atoms with van der Waals surface area (Å²) in [6.45, 7) is 4.00. The van der Waals surface area contributed by atoms with E-state index < -0.39 is 0 Å². The summed E-state index contributed by atoms with van der Waals surface area (Å²) in [7, 11) is 0. The standard InChI is InChI=1S/C16H22BrNO/c1-11-7-6-8-12(2)15(11)16(19)18-14-10-5-3-4-9-13(14)17/h6-8,13-14H,3-5,9-10H2,1-2H3,(H,18,19). The number of hydrogen-bond donors (Lipinski definition) is 1. The third-order valence-corrected chi connectivity index (χ3v) is 5.05. The van der Waals surface area contributed by atoms with Crippen molar-refractivity contribution in [2.24, 2.45) is 0 Å². The van der Waals surface area contributed by atoms with E-state index in [9.17, 15) is 4.79 Å². The van der Waals surface area contributed by atoms with E-state index in [1.165, 1.54) is 19.3 Å². The molecule has 0 radical (unpaired) electrons. The van der Waals surface area contributed by atoms with Gasteiger partial charge in [-0.15, -0.1) is 0 Å². The first-order chi connectivity index (χ1) is 9.09. The number of rotatable bonds is 2. The minimum Gasteiger partial charge on any atom is -0.348 e. The minimum atomic E-state index is 0.0759. The highest BCUT2D eigenvalue weighted by Crippen LogP contribution is 2.24. The molecule has 0 bridgehead atoms. The van der Waals surface area contributed by atoms with Crippen LogP contribution in [0.4, 0.5) is 0 Å². The zero-order valence-electron chi connectivity index (χ0n) is 11.7. The molecule has 0 spiro atoms. The molecule has 2 unspecified atom stereocenters. The van der Waals surface area contributed by atoms with Crippen LogP contribution < -0.4 is 5.32 Å². The number of aryl methyl sites for hydroxylation is 2. The minimum absolute atomic E-state index is 0.0759. The van der Waals surface area contributed by atoms with Crippen LogP contribution in [0.3, 0.4) is 0 Å². The molecule has 19 heavy (non-hydrogen) atoms. The molecule has 1 amide bonds. The van der Waals surface area contributed by atoms with Crippen LogP contribution in [-0.4, -0.2) is 16.8 Å². The summed E-state index contributed by atoms with van der Waals surface area (Å²) in [5, 5.41) is 3.22. The highest BCUT2D eigenvalue weighted by atomic mass is 79.9. The number of alkyl halides is 1. The van der Waals surface area contributed by atoms with Crippen molar-refractivity contribution in [3.63, 3.8) is 0 Å². The number of carbonyl (C=O) groups is 1. The van der Waals surface area contributed by atoms with Crippen LogP contribution in [0, 0.1) is 13.8 Å². The smallest absolute Gasteiger partial charge is 0.252 e. The lowest BCUT2D eigenvalue weighted by Gasteiger charge is -2.22. The number of hydrogen-bond acceptors (Lipinski definition) is 1. The van der Waals surface area contributed by atoms with Gasteiger partial charge in [-0.25, -0.2) is 0 Å². The van der Waals surface area contributed by atoms with Crippen molar-refractivity contribution in [3.05, 3.63) is 34.9 Å². The molecule has 0 aromatic heterocycles. The Balaban J connectivity index is 2.12. The molecule has 0 aliphatic heterocycles. The van der Waals surface area contributed by atoms with Gasteiger partial charge in [0.2, 0.25) is 0 Å². The van der Waals surface area contributed by atoms with Gasteiger partial charge in [0.05, 0.1) is 0 Å². The lowest BCUT2D eigenvalue weighted by atomic mass is 10.0. The Morgan fingerprint density at radius 3 is 2.47 bits per heavy atom. The van der Waals surface area contributed by atoms with E-state index in [0.717, 1.165) is 29.5 Å². The zero-order valence-corrected chi connectivity index (χ0v) is 13.3. The number of amides is 1. The van der Waals surface area contributed by atoms with Gasteiger partial charge < -0.3 is 5.32 Å². The Hall–Kier alpha value is -0.830. The molecule has 104 valence electrons. The predicted octanol–water partition coefficient (Wildman–Crippen LogP) is 4.13. The number of benzene rings is 1. The number of carbonyl (C=O) groups excluding carboxylic acids is 1. The van der Waals surface area contributed by atoms with Crippen molar-refractivity contribution in [1.82, 2.24) is 5.32 Å². The summed E-state index contributed by atoms with van der Waals surface area (Å²) in [6, 6.07) is 6.26. The van der Waals surface area contributed by atoms with Crippen LogP contribution in [0.5, 0.6) is 0 Å². The van der Waals surface area contributed by atoms with Gasteiger partial charge in [-0.3, -0.25) is 4.79 Å². The van der Waals surface area contributed by atoms with Crippen molar-refractivity contribution < 1.29 is 4.79 Å². The second-order valence-corrected chi connectivity index (χ2v) is 6.68. The van der Waals surface area contributed by atoms with E-state index in [1.54, 1.807) is 0 Å². The molecule has 2 atom stereocenters. The van der Waals surface area contributed by atoms with Crippen molar-refractivity contribution in [2.45, 2.75) is 56.8 Å². The molecule has 3 heteroatoms. The Labute approximate surface area is 124 Å². The number of halogens is 1. The summed E-state index contributed by atoms with van der Waals surface area (Å²) in [6.07, 6.45) is 5.97. The van der Waals surface area contributed by atoms with Crippen LogP contribution in [0.1, 0.15) is 53.6 Å². The maximum absolute atomic E-state index is 12.5. The van der Waals surface area contributed by atoms with E-state index in [-0.39, 0.29) is 11.9 Å². The van der Waals surface area contributed by atoms with Crippen LogP contribution in [0.15, 0.2) is 18.2 Å². The molecule has 1 aliphatic rings. The summed E-state index contributed by atoms with van der Waals surface area (Å²) in [4.78, 5) is 12.9. The maximum Gasteiger partial charge on any atom is 0.252 e. The van der Waals surface area contributed by atoms with Crippen molar-refractivity contribution in [2.75, 3.05) is 0 Å². The van der Waals surface area contributed by atoms with E-state index in [2.05, 4.69) is 21.2 Å². The van der Waals surface area contributed by atoms with Gasteiger partial charge >= 0.3 is 0 Å². The third kappa shape index (κ3) is 3.59. The van der Waals surface area contributed by atoms with E-state index in [0.29, 0.717) is 4.83 Å². The molecule has 1 aromatic rings. The molecule has 1 aliphatic carbocycles. The van der Waals surface area contributed by atoms with Crippen LogP contribution >= 0.6 is 15.9 Å². The Morgan fingerprint density at radius 2 is 1.79 bits per heavy atom. The fourth-order valence-electron chi connectivity index (χ4n) is 2.84. The van der Waals surface area contributed by atoms with Crippen molar-refractivity contribution >= 4 is 21.8 Å². The molecule has 2 nitrogen and oxygen atoms in total. The molecule has 1 N–H and O–H groups in total. The molecule has 1 fully saturated rings. The molecule has 1 aromatic carbocycles. The Kier molecular flexibility index (Phi) is 5.03. The summed E-state index contributed by atoms with van der Waals surface area (Å²) in [5.74, 6) is 0.0759. The second-order valence-electron chi connectivity index (χ2n) is 5.50. The molecule has 0 saturated heterocycles. The van der Waals surface area contributed by atoms with Crippen molar-refractivity contribution in [3.8, 4) is 0 Å². The van der Waals surface area contributed by atoms with Gasteiger partial charge in [-0.05, 0) is 37.8 Å². The quantitative estimate of drug-likeness (QED) is 0.643. The number of nitrogens with one attached hydrogen (secondary N) is 1. The molecular weight excluding hydrogens is 302 g/mol. The van der Waals surface area contributed by atoms with Crippen LogP contribution in [0.2, 0.25) is 0 Å². The summed E-state index contributed by atoms with van der Waals surface area (Å²) >= 11 is 3.73. The molecule has 1 saturated carbocycles. The summed E-state index contributed by atoms with van der Waals surface area (Å²) < 4.78 is 0. The first-order valence-corrected chi connectivity index (χ1v) is 8.02. The van der Waals surface area contributed by atoms with Gasteiger partial charge in [0.1, 0.15) is 0 Å². The second kappa shape index (κ2) is 6.56. The van der Waals surface area contributed by atoms with Gasteiger partial charge in [0.25, 0.3) is 5.91 Å². The lowest BCUT2D eigenvalue weighted by Crippen LogP contribution is -2.40. The largest absolute Gasteiger partial charge is 0.348 e. The van der Waals surface area contributed by atoms with Gasteiger partial charge in [-0.1, -0.05) is 53.4 Å². The fourth-order valence-corrected chi connectivity index (χ4v) is 3.56. The molecule has 0 heterocycles. The normalized spacial score (nSPS) is 23.7. The highest BCUT2D eigenvalue weighted by molar-refractivity contribution is 9.09. The summed E-state index contributed by atoms with van der Waals surface area (Å²) in [5.41, 5.74) is 2.95. The zero-order chi connectivity index (χ0) is 13.8. The first kappa shape index (κ1) is 14.6. The SMILES string of the molecule is Cc1cccc(C)c1C(=O)NC1CCCCCC1Br. The lowest BCUT2D eigenvalue weighted by molar-refractivity contribution is 0.0933. The molecular formula is C16H22BrNO. The van der Waals surface area contributed by atoms with E-state index >= 15 is 0 Å². The third-order valence-electron chi connectivity index (χ3n) is 3.96. The monoisotopic (exact) mass is 323 g/mol. The van der Waals surface area contributed by atoms with Gasteiger partial charge in [0.15, 0.2) is 0 Å². The maximum atomic E-state index is 12.5. The van der Waals surface area contributed by atoms with Crippen LogP contribution in [-0.2, 0) is 0 Å². The van der Waals surface area contributed by atoms with Crippen LogP contribution in [0.25, 0.3) is 0 Å². The van der Waals surface area contributed by atoms with Gasteiger partial charge in [-0.2, -0.15) is 0 Å². The average molecular weight is 324 g/mol. The molecule has 2 rings (SSSR count). The van der Waals surface area contributed by atoms with Crippen molar-refractivity contribution in [1.29, 1.82) is 0 Å². The van der Waals surface area contributed by atoms with E-state index in [4.69, 9.17) is 0 Å². The van der Waals surface area contributed by atoms with Gasteiger partial charge in [0, 0.05) is 16.4 Å². The Morgan fingerprint density at radius 1 is 1.16 bits per heavy atom. The highest BCUT2D eigenvalue weighted by Gasteiger charge is 2.24. The predicted molar refractivity (Wildman–Crippen MR) is 83.0 cm³/mol. The topological polar surface area (TPSA) is 29.1 Å². The fraction of sp³-hybridized carbons (Fsp3) is 0.562.